The van der Waals surface area contributed by atoms with Crippen LogP contribution < -0.4 is 0 Å². The normalized spacial score (nSPS) is 10.6. The van der Waals surface area contributed by atoms with Crippen LogP contribution in [0.1, 0.15) is 5.56 Å². The average molecular weight is 274 g/mol. The Morgan fingerprint density at radius 1 is 1.39 bits per heavy atom. The number of nitro groups is 1. The van der Waals surface area contributed by atoms with Crippen molar-refractivity contribution in [3.8, 4) is 0 Å². The minimum atomic E-state index is -0.992. The third kappa shape index (κ3) is 2.45. The van der Waals surface area contributed by atoms with Gasteiger partial charge >= 0.3 is 0 Å². The molecule has 0 aliphatic rings. The van der Waals surface area contributed by atoms with Gasteiger partial charge in [0.1, 0.15) is 11.6 Å². The number of nitro benzene ring substituents is 1. The second kappa shape index (κ2) is 4.69. The van der Waals surface area contributed by atoms with E-state index in [0.29, 0.717) is 17.2 Å². The van der Waals surface area contributed by atoms with E-state index in [1.54, 1.807) is 0 Å². The van der Waals surface area contributed by atoms with Gasteiger partial charge in [0.15, 0.2) is 0 Å². The van der Waals surface area contributed by atoms with Crippen LogP contribution in [0.25, 0.3) is 0 Å². The second-order valence-corrected chi connectivity index (χ2v) is 3.94. The van der Waals surface area contributed by atoms with Crippen molar-refractivity contribution in [1.82, 2.24) is 9.78 Å². The number of benzene rings is 1. The van der Waals surface area contributed by atoms with Crippen molar-refractivity contribution in [3.63, 3.8) is 0 Å². The molecule has 0 bridgehead atoms. The lowest BCUT2D eigenvalue weighted by Crippen LogP contribution is -2.06. The lowest BCUT2D eigenvalue weighted by atomic mass is 10.2. The van der Waals surface area contributed by atoms with Crippen LogP contribution in [-0.2, 0) is 6.54 Å². The Morgan fingerprint density at radius 3 is 2.44 bits per heavy atom. The summed E-state index contributed by atoms with van der Waals surface area (Å²) < 4.78 is 28.3. The SMILES string of the molecule is O=[N+]([O-])c1cc(F)c(Cn2cc(Cl)cn2)c(F)c1. The molecule has 0 unspecified atom stereocenters. The standard InChI is InChI=1S/C10H6ClF2N3O2/c11-6-3-14-15(4-6)5-8-9(12)1-7(16(17)18)2-10(8)13/h1-4H,5H2. The Labute approximate surface area is 105 Å². The molecule has 0 saturated heterocycles. The highest BCUT2D eigenvalue weighted by molar-refractivity contribution is 6.30. The number of nitrogens with zero attached hydrogens (tertiary/aromatic N) is 3. The fourth-order valence-corrected chi connectivity index (χ4v) is 1.59. The van der Waals surface area contributed by atoms with Crippen molar-refractivity contribution in [1.29, 1.82) is 0 Å². The molecule has 1 aromatic carbocycles. The molecule has 0 N–H and O–H groups in total. The topological polar surface area (TPSA) is 61.0 Å². The number of hydrogen-bond donors (Lipinski definition) is 0. The smallest absolute Gasteiger partial charge is 0.267 e. The van der Waals surface area contributed by atoms with Gasteiger partial charge in [-0.3, -0.25) is 14.8 Å². The predicted molar refractivity (Wildman–Crippen MR) is 59.4 cm³/mol. The van der Waals surface area contributed by atoms with Gasteiger partial charge in [0.05, 0.1) is 34.8 Å². The number of rotatable bonds is 3. The van der Waals surface area contributed by atoms with Crippen molar-refractivity contribution >= 4 is 17.3 Å². The van der Waals surface area contributed by atoms with Crippen LogP contribution in [0.15, 0.2) is 24.5 Å². The molecule has 0 amide bonds. The summed E-state index contributed by atoms with van der Waals surface area (Å²) in [4.78, 5) is 9.56. The summed E-state index contributed by atoms with van der Waals surface area (Å²) in [6.45, 7) is -0.192. The van der Waals surface area contributed by atoms with Gasteiger partial charge in [-0.05, 0) is 0 Å². The first kappa shape index (κ1) is 12.4. The maximum Gasteiger partial charge on any atom is 0.275 e. The van der Waals surface area contributed by atoms with Crippen LogP contribution in [0.2, 0.25) is 5.02 Å². The molecule has 0 aliphatic carbocycles. The first-order chi connectivity index (χ1) is 8.47. The fraction of sp³-hybridized carbons (Fsp3) is 0.100. The molecule has 2 aromatic rings. The highest BCUT2D eigenvalue weighted by atomic mass is 35.5. The Bertz CT molecular complexity index is 592. The zero-order valence-corrected chi connectivity index (χ0v) is 9.56. The highest BCUT2D eigenvalue weighted by Gasteiger charge is 2.17. The summed E-state index contributed by atoms with van der Waals surface area (Å²) >= 11 is 5.61. The molecule has 0 spiro atoms. The molecular weight excluding hydrogens is 268 g/mol. The van der Waals surface area contributed by atoms with E-state index in [2.05, 4.69) is 5.10 Å². The molecular formula is C10H6ClF2N3O2. The van der Waals surface area contributed by atoms with Gasteiger partial charge in [-0.1, -0.05) is 11.6 Å². The minimum absolute atomic E-state index is 0.192. The Kier molecular flexibility index (Phi) is 3.24. The predicted octanol–water partition coefficient (Wildman–Crippen LogP) is 2.77. The highest BCUT2D eigenvalue weighted by Crippen LogP contribution is 2.21. The van der Waals surface area contributed by atoms with Gasteiger partial charge in [-0.25, -0.2) is 8.78 Å². The van der Waals surface area contributed by atoms with Gasteiger partial charge in [0, 0.05) is 11.8 Å². The first-order valence-corrected chi connectivity index (χ1v) is 5.15. The van der Waals surface area contributed by atoms with Crippen LogP contribution in [-0.4, -0.2) is 14.7 Å². The van der Waals surface area contributed by atoms with E-state index in [-0.39, 0.29) is 12.1 Å². The summed E-state index contributed by atoms with van der Waals surface area (Å²) in [5, 5.41) is 14.5. The molecule has 0 aliphatic heterocycles. The Morgan fingerprint density at radius 2 is 2.00 bits per heavy atom. The Balaban J connectivity index is 2.37. The molecule has 0 atom stereocenters. The number of hydrogen-bond acceptors (Lipinski definition) is 3. The molecule has 18 heavy (non-hydrogen) atoms. The number of non-ortho nitro benzene ring substituents is 1. The lowest BCUT2D eigenvalue weighted by molar-refractivity contribution is -0.385. The van der Waals surface area contributed by atoms with Crippen molar-refractivity contribution in [2.45, 2.75) is 6.54 Å². The zero-order valence-electron chi connectivity index (χ0n) is 8.81. The molecule has 1 heterocycles. The third-order valence-corrected chi connectivity index (χ3v) is 2.45. The van der Waals surface area contributed by atoms with Gasteiger partial charge in [0.25, 0.3) is 5.69 Å². The van der Waals surface area contributed by atoms with Crippen molar-refractivity contribution in [2.75, 3.05) is 0 Å². The Hall–Kier alpha value is -2.02. The van der Waals surface area contributed by atoms with Gasteiger partial charge in [-0.2, -0.15) is 5.10 Å². The summed E-state index contributed by atoms with van der Waals surface area (Å²) in [5.41, 5.74) is -0.937. The van der Waals surface area contributed by atoms with E-state index in [4.69, 9.17) is 11.6 Å². The third-order valence-electron chi connectivity index (χ3n) is 2.26. The molecule has 0 radical (unpaired) electrons. The maximum absolute atomic E-state index is 13.5. The van der Waals surface area contributed by atoms with E-state index in [1.807, 2.05) is 0 Å². The van der Waals surface area contributed by atoms with Crippen LogP contribution >= 0.6 is 11.6 Å². The van der Waals surface area contributed by atoms with Crippen LogP contribution in [0.3, 0.4) is 0 Å². The zero-order chi connectivity index (χ0) is 13.3. The molecule has 0 fully saturated rings. The van der Waals surface area contributed by atoms with E-state index < -0.39 is 22.2 Å². The molecule has 94 valence electrons. The molecule has 1 aromatic heterocycles. The fourth-order valence-electron chi connectivity index (χ4n) is 1.43. The van der Waals surface area contributed by atoms with E-state index >= 15 is 0 Å². The van der Waals surface area contributed by atoms with Crippen LogP contribution in [0.5, 0.6) is 0 Å². The van der Waals surface area contributed by atoms with E-state index in [1.165, 1.54) is 17.1 Å². The lowest BCUT2D eigenvalue weighted by Gasteiger charge is -2.05. The van der Waals surface area contributed by atoms with Crippen molar-refractivity contribution in [2.24, 2.45) is 0 Å². The van der Waals surface area contributed by atoms with Crippen molar-refractivity contribution in [3.05, 3.63) is 56.9 Å². The van der Waals surface area contributed by atoms with Gasteiger partial charge < -0.3 is 0 Å². The number of halogens is 3. The van der Waals surface area contributed by atoms with E-state index in [0.717, 1.165) is 0 Å². The van der Waals surface area contributed by atoms with E-state index in [9.17, 15) is 18.9 Å². The largest absolute Gasteiger partial charge is 0.275 e. The van der Waals surface area contributed by atoms with Crippen molar-refractivity contribution < 1.29 is 13.7 Å². The molecule has 2 rings (SSSR count). The first-order valence-electron chi connectivity index (χ1n) is 4.77. The monoisotopic (exact) mass is 273 g/mol. The summed E-state index contributed by atoms with van der Waals surface area (Å²) in [6.07, 6.45) is 2.71. The average Bonchev–Trinajstić information content (AvgIpc) is 2.69. The second-order valence-electron chi connectivity index (χ2n) is 3.50. The maximum atomic E-state index is 13.5. The number of aromatic nitrogens is 2. The molecule has 8 heteroatoms. The molecule has 5 nitrogen and oxygen atoms in total. The van der Waals surface area contributed by atoms with Crippen LogP contribution in [0, 0.1) is 21.7 Å². The van der Waals surface area contributed by atoms with Crippen LogP contribution in [0.4, 0.5) is 14.5 Å². The minimum Gasteiger partial charge on any atom is -0.267 e. The van der Waals surface area contributed by atoms with Gasteiger partial charge in [0.2, 0.25) is 0 Å². The summed E-state index contributed by atoms with van der Waals surface area (Å²) in [6, 6.07) is 1.34. The quantitative estimate of drug-likeness (QED) is 0.638. The molecule has 0 saturated carbocycles. The summed E-state index contributed by atoms with van der Waals surface area (Å²) in [5.74, 6) is -1.98. The van der Waals surface area contributed by atoms with Gasteiger partial charge in [-0.15, -0.1) is 0 Å². The summed E-state index contributed by atoms with van der Waals surface area (Å²) in [7, 11) is 0.